The first-order valence-electron chi connectivity index (χ1n) is 9.47. The third kappa shape index (κ3) is 3.91. The first-order valence-corrected chi connectivity index (χ1v) is 9.47. The van der Waals surface area contributed by atoms with Crippen molar-refractivity contribution >= 4 is 17.6 Å². The van der Waals surface area contributed by atoms with E-state index in [4.69, 9.17) is 4.74 Å². The molecule has 2 fully saturated rings. The maximum absolute atomic E-state index is 13.2. The van der Waals surface area contributed by atoms with Gasteiger partial charge >= 0.3 is 5.97 Å². The summed E-state index contributed by atoms with van der Waals surface area (Å²) in [6.45, 7) is 0.441. The largest absolute Gasteiger partial charge is 0.481 e. The highest BCUT2D eigenvalue weighted by atomic mass is 16.6. The molecule has 2 aromatic rings. The van der Waals surface area contributed by atoms with Crippen molar-refractivity contribution in [3.05, 3.63) is 64.2 Å². The van der Waals surface area contributed by atoms with E-state index in [2.05, 4.69) is 0 Å². The lowest BCUT2D eigenvalue weighted by Crippen LogP contribution is -2.30. The van der Waals surface area contributed by atoms with Crippen LogP contribution in [0.4, 0.5) is 5.69 Å². The molecule has 2 atom stereocenters. The van der Waals surface area contributed by atoms with E-state index in [0.29, 0.717) is 18.2 Å². The molecule has 150 valence electrons. The normalized spacial score (nSPS) is 21.0. The molecule has 1 aliphatic carbocycles. The zero-order chi connectivity index (χ0) is 20.5. The topological polar surface area (TPSA) is 110 Å². The molecule has 0 radical (unpaired) electrons. The van der Waals surface area contributed by atoms with Crippen LogP contribution < -0.4 is 4.74 Å². The Morgan fingerprint density at radius 3 is 2.45 bits per heavy atom. The molecule has 0 bridgehead atoms. The number of carboxylic acids is 1. The average Bonchev–Trinajstić information content (AvgIpc) is 3.46. The van der Waals surface area contributed by atoms with Gasteiger partial charge in [0.05, 0.1) is 16.4 Å². The highest BCUT2D eigenvalue weighted by Crippen LogP contribution is 2.44. The number of benzene rings is 2. The number of non-ortho nitro benzene ring substituents is 1. The molecule has 0 unspecified atom stereocenters. The van der Waals surface area contributed by atoms with Gasteiger partial charge in [0, 0.05) is 25.2 Å². The molecule has 1 amide bonds. The fourth-order valence-corrected chi connectivity index (χ4v) is 3.93. The summed E-state index contributed by atoms with van der Waals surface area (Å²) in [4.78, 5) is 37.0. The molecular weight excluding hydrogens is 376 g/mol. The fraction of sp³-hybridized carbons (Fsp3) is 0.333. The summed E-state index contributed by atoms with van der Waals surface area (Å²) >= 11 is 0. The number of ether oxygens (including phenoxy) is 1. The predicted molar refractivity (Wildman–Crippen MR) is 103 cm³/mol. The van der Waals surface area contributed by atoms with Gasteiger partial charge in [0.2, 0.25) is 0 Å². The number of nitro groups is 1. The lowest BCUT2D eigenvalue weighted by atomic mass is 9.92. The number of nitrogens with zero attached hydrogens (tertiary/aromatic N) is 2. The molecule has 8 nitrogen and oxygen atoms in total. The molecule has 2 aromatic carbocycles. The van der Waals surface area contributed by atoms with Crippen molar-refractivity contribution < 1.29 is 24.4 Å². The molecule has 1 saturated heterocycles. The van der Waals surface area contributed by atoms with Gasteiger partial charge in [0.1, 0.15) is 11.5 Å². The van der Waals surface area contributed by atoms with Crippen LogP contribution in [0, 0.1) is 27.9 Å². The Bertz CT molecular complexity index is 957. The van der Waals surface area contributed by atoms with Crippen molar-refractivity contribution in [2.24, 2.45) is 17.8 Å². The molecule has 2 aliphatic rings. The highest BCUT2D eigenvalue weighted by Gasteiger charge is 2.47. The van der Waals surface area contributed by atoms with Crippen LogP contribution in [0.25, 0.3) is 0 Å². The summed E-state index contributed by atoms with van der Waals surface area (Å²) < 4.78 is 5.80. The zero-order valence-electron chi connectivity index (χ0n) is 15.6. The lowest BCUT2D eigenvalue weighted by molar-refractivity contribution is -0.384. The Morgan fingerprint density at radius 1 is 1.10 bits per heavy atom. The Morgan fingerprint density at radius 2 is 1.83 bits per heavy atom. The molecule has 0 spiro atoms. The number of likely N-dealkylation sites (tertiary alicyclic amines) is 1. The van der Waals surface area contributed by atoms with E-state index in [9.17, 15) is 24.8 Å². The Balaban J connectivity index is 1.64. The molecule has 1 heterocycles. The minimum Gasteiger partial charge on any atom is -0.481 e. The van der Waals surface area contributed by atoms with Crippen molar-refractivity contribution in [3.63, 3.8) is 0 Å². The summed E-state index contributed by atoms with van der Waals surface area (Å²) in [5.74, 6) is -1.01. The second kappa shape index (κ2) is 7.54. The van der Waals surface area contributed by atoms with Crippen molar-refractivity contribution in [2.75, 3.05) is 13.1 Å². The number of para-hydroxylation sites is 1. The number of rotatable bonds is 6. The SMILES string of the molecule is O=C(O)[C@H]1CN(C(=O)c2cc([N+](=O)[O-])ccc2Oc2ccccc2)C[C@@H]1C1CC1. The van der Waals surface area contributed by atoms with E-state index in [1.807, 2.05) is 6.07 Å². The van der Waals surface area contributed by atoms with Crippen LogP contribution in [0.3, 0.4) is 0 Å². The zero-order valence-corrected chi connectivity index (χ0v) is 15.6. The predicted octanol–water partition coefficient (Wildman–Crippen LogP) is 3.57. The number of carboxylic acid groups (broad SMARTS) is 1. The van der Waals surface area contributed by atoms with E-state index in [0.717, 1.165) is 12.8 Å². The standard InChI is InChI=1S/C21H20N2O6/c24-20(22-11-17(13-6-7-13)18(12-22)21(25)26)16-10-14(23(27)28)8-9-19(16)29-15-4-2-1-3-5-15/h1-5,8-10,13,17-18H,6-7,11-12H2,(H,25,26)/t17-,18+/m1/s1. The van der Waals surface area contributed by atoms with E-state index >= 15 is 0 Å². The van der Waals surface area contributed by atoms with Crippen molar-refractivity contribution in [1.82, 2.24) is 4.90 Å². The van der Waals surface area contributed by atoms with Gasteiger partial charge in [-0.3, -0.25) is 19.7 Å². The van der Waals surface area contributed by atoms with Crippen LogP contribution in [0.2, 0.25) is 0 Å². The Hall–Kier alpha value is -3.42. The lowest BCUT2D eigenvalue weighted by Gasteiger charge is -2.18. The van der Waals surface area contributed by atoms with Gasteiger partial charge in [-0.1, -0.05) is 18.2 Å². The minimum absolute atomic E-state index is 0.0589. The molecule has 4 rings (SSSR count). The van der Waals surface area contributed by atoms with Crippen molar-refractivity contribution in [2.45, 2.75) is 12.8 Å². The van der Waals surface area contributed by atoms with Gasteiger partial charge < -0.3 is 14.7 Å². The summed E-state index contributed by atoms with van der Waals surface area (Å²) in [6, 6.07) is 12.7. The van der Waals surface area contributed by atoms with Gasteiger partial charge in [0.25, 0.3) is 11.6 Å². The minimum atomic E-state index is -0.906. The Kier molecular flexibility index (Phi) is 4.92. The van der Waals surface area contributed by atoms with Gasteiger partial charge in [-0.25, -0.2) is 0 Å². The molecule has 1 saturated carbocycles. The first-order chi connectivity index (χ1) is 13.9. The molecule has 8 heteroatoms. The number of hydrogen-bond acceptors (Lipinski definition) is 5. The van der Waals surface area contributed by atoms with Crippen LogP contribution in [-0.4, -0.2) is 39.9 Å². The van der Waals surface area contributed by atoms with E-state index in [1.165, 1.54) is 23.1 Å². The van der Waals surface area contributed by atoms with E-state index in [-0.39, 0.29) is 29.5 Å². The first kappa shape index (κ1) is 18.9. The van der Waals surface area contributed by atoms with Crippen LogP contribution in [0.5, 0.6) is 11.5 Å². The maximum Gasteiger partial charge on any atom is 0.308 e. The fourth-order valence-electron chi connectivity index (χ4n) is 3.93. The summed E-state index contributed by atoms with van der Waals surface area (Å²) in [7, 11) is 0. The number of hydrogen-bond donors (Lipinski definition) is 1. The maximum atomic E-state index is 13.2. The van der Waals surface area contributed by atoms with Crippen LogP contribution in [0.1, 0.15) is 23.2 Å². The van der Waals surface area contributed by atoms with Gasteiger partial charge in [-0.15, -0.1) is 0 Å². The van der Waals surface area contributed by atoms with Crippen molar-refractivity contribution in [3.8, 4) is 11.5 Å². The van der Waals surface area contributed by atoms with Gasteiger partial charge in [0.15, 0.2) is 0 Å². The number of carbonyl (C=O) groups excluding carboxylic acids is 1. The molecule has 29 heavy (non-hydrogen) atoms. The monoisotopic (exact) mass is 396 g/mol. The number of amides is 1. The van der Waals surface area contributed by atoms with Gasteiger partial charge in [-0.2, -0.15) is 0 Å². The third-order valence-electron chi connectivity index (χ3n) is 5.57. The van der Waals surface area contributed by atoms with E-state index in [1.54, 1.807) is 24.3 Å². The average molecular weight is 396 g/mol. The molecule has 1 N–H and O–H groups in total. The van der Waals surface area contributed by atoms with Crippen LogP contribution in [0.15, 0.2) is 48.5 Å². The van der Waals surface area contributed by atoms with Gasteiger partial charge in [-0.05, 0) is 42.9 Å². The summed E-state index contributed by atoms with van der Waals surface area (Å²) in [5.41, 5.74) is -0.162. The quantitative estimate of drug-likeness (QED) is 0.590. The molecule has 1 aliphatic heterocycles. The highest BCUT2D eigenvalue weighted by molar-refractivity contribution is 5.98. The van der Waals surface area contributed by atoms with Crippen molar-refractivity contribution in [1.29, 1.82) is 0 Å². The summed E-state index contributed by atoms with van der Waals surface area (Å²) in [5, 5.41) is 20.8. The summed E-state index contributed by atoms with van der Waals surface area (Å²) in [6.07, 6.45) is 1.96. The second-order valence-corrected chi connectivity index (χ2v) is 7.51. The van der Waals surface area contributed by atoms with Crippen LogP contribution >= 0.6 is 0 Å². The number of nitro benzene ring substituents is 1. The van der Waals surface area contributed by atoms with E-state index < -0.39 is 22.7 Å². The van der Waals surface area contributed by atoms with Crippen LogP contribution in [-0.2, 0) is 4.79 Å². The number of aliphatic carboxylic acids is 1. The third-order valence-corrected chi connectivity index (χ3v) is 5.57. The molecule has 0 aromatic heterocycles. The molecular formula is C21H20N2O6. The second-order valence-electron chi connectivity index (χ2n) is 7.51. The number of carbonyl (C=O) groups is 2. The smallest absolute Gasteiger partial charge is 0.308 e. The Labute approximate surface area is 166 Å².